The molecule has 0 aliphatic carbocycles. The Hall–Kier alpha value is -1.61. The van der Waals surface area contributed by atoms with E-state index in [0.29, 0.717) is 13.0 Å². The molecule has 0 aromatic rings. The zero-order chi connectivity index (χ0) is 18.4. The maximum Gasteiger partial charge on any atom is 0.219 e. The van der Waals surface area contributed by atoms with E-state index >= 15 is 0 Å². The van der Waals surface area contributed by atoms with E-state index < -0.39 is 0 Å². The number of allylic oxidation sites excluding steroid dienone is 8. The molecule has 3 N–H and O–H groups in total. The molecule has 0 aliphatic rings. The van der Waals surface area contributed by atoms with Crippen molar-refractivity contribution < 1.29 is 4.79 Å². The minimum atomic E-state index is 0.169. The Labute approximate surface area is 155 Å². The van der Waals surface area contributed by atoms with E-state index in [1.807, 2.05) is 0 Å². The molecular formula is C22H38N2O. The molecule has 0 aromatic carbocycles. The highest BCUT2D eigenvalue weighted by Crippen LogP contribution is 2.02. The Bertz CT molecular complexity index is 408. The summed E-state index contributed by atoms with van der Waals surface area (Å²) in [5, 5.41) is 2.94. The first kappa shape index (κ1) is 23.4. The van der Waals surface area contributed by atoms with E-state index in [0.717, 1.165) is 64.3 Å². The van der Waals surface area contributed by atoms with Crippen LogP contribution in [0.1, 0.15) is 71.1 Å². The SMILES string of the molecule is CC/C=C\C/C=C\C/C=C\C/C=C\CCCCC(=O)NCCCCN. The van der Waals surface area contributed by atoms with Gasteiger partial charge in [-0.05, 0) is 64.3 Å². The number of carbonyl (C=O) groups is 1. The van der Waals surface area contributed by atoms with Gasteiger partial charge in [-0.2, -0.15) is 0 Å². The molecule has 0 fully saturated rings. The quantitative estimate of drug-likeness (QED) is 0.298. The van der Waals surface area contributed by atoms with Gasteiger partial charge in [-0.1, -0.05) is 55.5 Å². The van der Waals surface area contributed by atoms with Crippen LogP contribution in [0.2, 0.25) is 0 Å². The lowest BCUT2D eigenvalue weighted by atomic mass is 10.1. The van der Waals surface area contributed by atoms with Gasteiger partial charge in [-0.3, -0.25) is 4.79 Å². The molecule has 0 heterocycles. The van der Waals surface area contributed by atoms with Crippen LogP contribution in [0.25, 0.3) is 0 Å². The van der Waals surface area contributed by atoms with Crippen LogP contribution in [-0.2, 0) is 4.79 Å². The van der Waals surface area contributed by atoms with E-state index in [1.165, 1.54) is 0 Å². The molecule has 0 spiro atoms. The summed E-state index contributed by atoms with van der Waals surface area (Å²) in [5.74, 6) is 0.169. The van der Waals surface area contributed by atoms with Crippen LogP contribution in [0.5, 0.6) is 0 Å². The van der Waals surface area contributed by atoms with Crippen LogP contribution in [-0.4, -0.2) is 19.0 Å². The van der Waals surface area contributed by atoms with Crippen molar-refractivity contribution in [2.75, 3.05) is 13.1 Å². The van der Waals surface area contributed by atoms with Crippen molar-refractivity contribution in [1.29, 1.82) is 0 Å². The number of amides is 1. The predicted molar refractivity (Wildman–Crippen MR) is 110 cm³/mol. The first-order chi connectivity index (χ1) is 12.3. The maximum absolute atomic E-state index is 11.6. The molecule has 1 amide bonds. The second kappa shape index (κ2) is 20.4. The third-order valence-electron chi connectivity index (χ3n) is 3.70. The van der Waals surface area contributed by atoms with Crippen LogP contribution in [0.15, 0.2) is 48.6 Å². The van der Waals surface area contributed by atoms with Crippen LogP contribution < -0.4 is 11.1 Å². The molecule has 3 nitrogen and oxygen atoms in total. The summed E-state index contributed by atoms with van der Waals surface area (Å²) >= 11 is 0. The van der Waals surface area contributed by atoms with Gasteiger partial charge < -0.3 is 11.1 Å². The van der Waals surface area contributed by atoms with Crippen molar-refractivity contribution in [3.63, 3.8) is 0 Å². The predicted octanol–water partition coefficient (Wildman–Crippen LogP) is 5.21. The zero-order valence-corrected chi connectivity index (χ0v) is 16.1. The van der Waals surface area contributed by atoms with Crippen molar-refractivity contribution in [3.8, 4) is 0 Å². The lowest BCUT2D eigenvalue weighted by Crippen LogP contribution is -2.24. The maximum atomic E-state index is 11.6. The fourth-order valence-corrected chi connectivity index (χ4v) is 2.23. The van der Waals surface area contributed by atoms with Crippen molar-refractivity contribution >= 4 is 5.91 Å². The van der Waals surface area contributed by atoms with Crippen LogP contribution >= 0.6 is 0 Å². The van der Waals surface area contributed by atoms with Gasteiger partial charge in [-0.15, -0.1) is 0 Å². The first-order valence-electron chi connectivity index (χ1n) is 9.88. The summed E-state index contributed by atoms with van der Waals surface area (Å²) in [7, 11) is 0. The lowest BCUT2D eigenvalue weighted by Gasteiger charge is -2.03. The largest absolute Gasteiger partial charge is 0.356 e. The van der Waals surface area contributed by atoms with E-state index in [-0.39, 0.29) is 5.91 Å². The Kier molecular flexibility index (Phi) is 19.1. The Morgan fingerprint density at radius 3 is 2.00 bits per heavy atom. The van der Waals surface area contributed by atoms with Gasteiger partial charge in [-0.25, -0.2) is 0 Å². The topological polar surface area (TPSA) is 55.1 Å². The molecule has 25 heavy (non-hydrogen) atoms. The van der Waals surface area contributed by atoms with Crippen molar-refractivity contribution in [3.05, 3.63) is 48.6 Å². The monoisotopic (exact) mass is 346 g/mol. The van der Waals surface area contributed by atoms with Gasteiger partial charge in [0.15, 0.2) is 0 Å². The Morgan fingerprint density at radius 2 is 1.40 bits per heavy atom. The average Bonchev–Trinajstić information content (AvgIpc) is 2.62. The molecule has 0 aromatic heterocycles. The standard InChI is InChI=1S/C22H38N2O/c1-2-3-4-5-6-7-8-9-10-11-12-13-14-15-16-19-22(25)24-21-18-17-20-23/h3-4,6-7,9-10,12-13H,2,5,8,11,14-21,23H2,1H3,(H,24,25)/b4-3-,7-6-,10-9-,13-12-. The number of unbranched alkanes of at least 4 members (excludes halogenated alkanes) is 3. The molecule has 3 heteroatoms. The molecule has 0 radical (unpaired) electrons. The summed E-state index contributed by atoms with van der Waals surface area (Å²) in [4.78, 5) is 11.6. The van der Waals surface area contributed by atoms with Gasteiger partial charge in [0, 0.05) is 13.0 Å². The first-order valence-corrected chi connectivity index (χ1v) is 9.88. The zero-order valence-electron chi connectivity index (χ0n) is 16.1. The van der Waals surface area contributed by atoms with Gasteiger partial charge in [0.2, 0.25) is 5.91 Å². The van der Waals surface area contributed by atoms with Gasteiger partial charge in [0.25, 0.3) is 0 Å². The number of nitrogens with two attached hydrogens (primary N) is 1. The van der Waals surface area contributed by atoms with E-state index in [2.05, 4.69) is 60.8 Å². The lowest BCUT2D eigenvalue weighted by molar-refractivity contribution is -0.121. The summed E-state index contributed by atoms with van der Waals surface area (Å²) in [6.45, 7) is 3.61. The smallest absolute Gasteiger partial charge is 0.219 e. The average molecular weight is 347 g/mol. The highest BCUT2D eigenvalue weighted by Gasteiger charge is 1.99. The molecule has 0 bridgehead atoms. The Morgan fingerprint density at radius 1 is 0.800 bits per heavy atom. The molecule has 0 saturated carbocycles. The summed E-state index contributed by atoms with van der Waals surface area (Å²) < 4.78 is 0. The fourth-order valence-electron chi connectivity index (χ4n) is 2.23. The van der Waals surface area contributed by atoms with Gasteiger partial charge in [0.1, 0.15) is 0 Å². The van der Waals surface area contributed by atoms with Gasteiger partial charge >= 0.3 is 0 Å². The normalized spacial score (nSPS) is 12.2. The number of rotatable bonds is 16. The summed E-state index contributed by atoms with van der Waals surface area (Å²) in [5.41, 5.74) is 5.42. The summed E-state index contributed by atoms with van der Waals surface area (Å²) in [6, 6.07) is 0. The number of nitrogens with one attached hydrogen (secondary N) is 1. The molecule has 0 rings (SSSR count). The third kappa shape index (κ3) is 20.3. The van der Waals surface area contributed by atoms with Crippen molar-refractivity contribution in [1.82, 2.24) is 5.32 Å². The molecule has 0 saturated heterocycles. The third-order valence-corrected chi connectivity index (χ3v) is 3.70. The highest BCUT2D eigenvalue weighted by molar-refractivity contribution is 5.75. The Balaban J connectivity index is 3.41. The minimum Gasteiger partial charge on any atom is -0.356 e. The molecule has 0 aliphatic heterocycles. The fraction of sp³-hybridized carbons (Fsp3) is 0.591. The van der Waals surface area contributed by atoms with Crippen molar-refractivity contribution in [2.24, 2.45) is 5.73 Å². The number of carbonyl (C=O) groups excluding carboxylic acids is 1. The van der Waals surface area contributed by atoms with E-state index in [9.17, 15) is 4.79 Å². The molecule has 0 atom stereocenters. The molecular weight excluding hydrogens is 308 g/mol. The van der Waals surface area contributed by atoms with E-state index in [4.69, 9.17) is 5.73 Å². The summed E-state index contributed by atoms with van der Waals surface area (Å²) in [6.07, 6.45) is 27.5. The van der Waals surface area contributed by atoms with Crippen molar-refractivity contribution in [2.45, 2.75) is 71.1 Å². The second-order valence-corrected chi connectivity index (χ2v) is 6.09. The highest BCUT2D eigenvalue weighted by atomic mass is 16.1. The molecule has 142 valence electrons. The number of hydrogen-bond donors (Lipinski definition) is 2. The van der Waals surface area contributed by atoms with E-state index in [1.54, 1.807) is 0 Å². The van der Waals surface area contributed by atoms with Crippen LogP contribution in [0.4, 0.5) is 0 Å². The minimum absolute atomic E-state index is 0.169. The van der Waals surface area contributed by atoms with Crippen LogP contribution in [0.3, 0.4) is 0 Å². The molecule has 0 unspecified atom stereocenters. The van der Waals surface area contributed by atoms with Gasteiger partial charge in [0.05, 0.1) is 0 Å². The number of hydrogen-bond acceptors (Lipinski definition) is 2. The second-order valence-electron chi connectivity index (χ2n) is 6.09. The van der Waals surface area contributed by atoms with Crippen LogP contribution in [0, 0.1) is 0 Å².